The van der Waals surface area contributed by atoms with Crippen LogP contribution in [0.5, 0.6) is 0 Å². The van der Waals surface area contributed by atoms with Crippen molar-refractivity contribution in [3.8, 4) is 0 Å². The molecule has 5 rings (SSSR count). The van der Waals surface area contributed by atoms with Crippen LogP contribution in [-0.4, -0.2) is 83.5 Å². The van der Waals surface area contributed by atoms with Crippen molar-refractivity contribution >= 4 is 28.7 Å². The Hall–Kier alpha value is -2.38. The maximum atomic E-state index is 14.9. The van der Waals surface area contributed by atoms with Crippen molar-refractivity contribution in [1.29, 1.82) is 0 Å². The molecule has 0 saturated heterocycles. The maximum absolute atomic E-state index is 14.9. The van der Waals surface area contributed by atoms with Crippen molar-refractivity contribution < 1.29 is 43.6 Å². The van der Waals surface area contributed by atoms with Gasteiger partial charge in [-0.05, 0) is 36.9 Å². The number of aromatic nitrogens is 5. The monoisotopic (exact) mass is 532 g/mol. The smallest absolute Gasteiger partial charge is 0.191 e. The quantitative estimate of drug-likeness (QED) is 0.227. The molecule has 2 aliphatic carbocycles. The summed E-state index contributed by atoms with van der Waals surface area (Å²) in [6.07, 6.45) is -18.2. The molecule has 2 heterocycles. The third-order valence-corrected chi connectivity index (χ3v) is 5.83. The first kappa shape index (κ1) is 13.4. The summed E-state index contributed by atoms with van der Waals surface area (Å²) < 4.78 is 139. The Labute approximate surface area is 232 Å². The number of hydrogen-bond acceptors (Lipinski definition) is 10. The lowest BCUT2D eigenvalue weighted by Gasteiger charge is -2.17. The molecule has 10 nitrogen and oxygen atoms in total. The van der Waals surface area contributed by atoms with Crippen LogP contribution in [0.2, 0.25) is 0 Å². The van der Waals surface area contributed by atoms with Gasteiger partial charge in [0.05, 0.1) is 34.9 Å². The highest BCUT2D eigenvalue weighted by atomic mass is 32.2. The van der Waals surface area contributed by atoms with Crippen molar-refractivity contribution in [2.75, 3.05) is 24.2 Å². The van der Waals surface area contributed by atoms with E-state index in [1.54, 1.807) is 0 Å². The van der Waals surface area contributed by atoms with Gasteiger partial charge in [-0.1, -0.05) is 36.0 Å². The molecule has 0 amide bonds. The predicted molar refractivity (Wildman–Crippen MR) is 133 cm³/mol. The molecule has 0 radical (unpaired) electrons. The lowest BCUT2D eigenvalue weighted by Crippen LogP contribution is -2.33. The van der Waals surface area contributed by atoms with E-state index in [1.807, 2.05) is 0 Å². The van der Waals surface area contributed by atoms with Gasteiger partial charge in [-0.3, -0.25) is 0 Å². The summed E-state index contributed by atoms with van der Waals surface area (Å²) >= 11 is 0.380. The Bertz CT molecular complexity index is 1860. The van der Waals surface area contributed by atoms with E-state index in [9.17, 15) is 19.7 Å². The number of halogens is 1. The molecule has 2 fully saturated rings. The Morgan fingerprint density at radius 1 is 1.36 bits per heavy atom. The zero-order valence-electron chi connectivity index (χ0n) is 33.0. The minimum atomic E-state index is -4.02. The molecular formula is C24H31FN6O4S. The van der Waals surface area contributed by atoms with Gasteiger partial charge in [-0.15, -0.1) is 5.10 Å². The van der Waals surface area contributed by atoms with E-state index < -0.39 is 120 Å². The molecule has 0 aliphatic heterocycles. The summed E-state index contributed by atoms with van der Waals surface area (Å²) in [6, 6.07) is -7.93. The molecule has 36 heavy (non-hydrogen) atoms. The van der Waals surface area contributed by atoms with Crippen LogP contribution in [0.4, 0.5) is 10.2 Å². The van der Waals surface area contributed by atoms with Crippen LogP contribution >= 0.6 is 11.8 Å². The molecule has 3 aromatic rings. The Morgan fingerprint density at radius 2 is 2.19 bits per heavy atom. The number of benzene rings is 1. The number of hydrogen-bond donors (Lipinski definition) is 4. The summed E-state index contributed by atoms with van der Waals surface area (Å²) in [6.45, 7) is 0.900. The summed E-state index contributed by atoms with van der Waals surface area (Å²) in [5, 5.41) is 40.9. The van der Waals surface area contributed by atoms with Crippen LogP contribution < -0.4 is 5.32 Å². The molecule has 4 N–H and O–H groups in total. The average molecular weight is 533 g/mol. The zero-order valence-corrected chi connectivity index (χ0v) is 19.8. The topological polar surface area (TPSA) is 138 Å². The molecule has 0 bridgehead atoms. The van der Waals surface area contributed by atoms with Crippen molar-refractivity contribution in [2.24, 2.45) is 0 Å². The second-order valence-electron chi connectivity index (χ2n) is 7.52. The highest BCUT2D eigenvalue weighted by Gasteiger charge is 2.45. The van der Waals surface area contributed by atoms with Crippen LogP contribution in [0.15, 0.2) is 23.3 Å². The number of ether oxygens (including phenoxy) is 1. The zero-order chi connectivity index (χ0) is 38.0. The van der Waals surface area contributed by atoms with Gasteiger partial charge in [0.25, 0.3) is 0 Å². The lowest BCUT2D eigenvalue weighted by atomic mass is 10.1. The van der Waals surface area contributed by atoms with Crippen LogP contribution in [-0.2, 0) is 4.74 Å². The van der Waals surface area contributed by atoms with Gasteiger partial charge in [-0.2, -0.15) is 0 Å². The molecule has 12 heteroatoms. The number of nitrogens with zero attached hydrogens (tertiary/aromatic N) is 5. The van der Waals surface area contributed by atoms with Gasteiger partial charge < -0.3 is 25.4 Å². The Balaban J connectivity index is 1.73. The molecule has 2 aromatic heterocycles. The fourth-order valence-corrected chi connectivity index (χ4v) is 3.78. The standard InChI is InChI=1S/C24H31FN6O4S/c1-3-8-36-24-27-22(26-16-10-14(16)13-5-4-12(2)15(25)9-13)19-23(28-24)31(30-29-19)17-11-18(35-7-6-32)21(34)20(17)33/h4-5,9,14,16-18,20-21,32-34H,3,6-8,10-11H2,1-2H3,(H,26,27,28)/t14-,16+,17+,18-,20-,21+/m0/s1/i4D,5D,8D2,9D,10D2,11D2,14D,17D,18D,20D,21D. The SMILES string of the molecule is [2H]c1c([2H])c([C@@]2([2H])[C@H](Nc3nc(SC([2H])([2H])CC)nc4c3nnn4[C@]3([2H])C([2H])([2H])[C@]([2H])(OCCO)[C@@]([2H])(O)[C@@]3([2H])O)C2([2H])[2H])c([2H])c(F)c1C. The van der Waals surface area contributed by atoms with Crippen LogP contribution in [0.25, 0.3) is 11.2 Å². The minimum absolute atomic E-state index is 0.125. The largest absolute Gasteiger partial charge is 0.394 e. The van der Waals surface area contributed by atoms with E-state index in [4.69, 9.17) is 23.9 Å². The van der Waals surface area contributed by atoms with Gasteiger partial charge >= 0.3 is 0 Å². The number of anilines is 1. The van der Waals surface area contributed by atoms with Crippen molar-refractivity contribution in [2.45, 2.75) is 74.4 Å². The fraction of sp³-hybridized carbons (Fsp3) is 0.583. The predicted octanol–water partition coefficient (Wildman–Crippen LogP) is 2.18. The lowest BCUT2D eigenvalue weighted by molar-refractivity contribution is -0.0629. The number of aliphatic hydroxyl groups excluding tert-OH is 1. The molecular weight excluding hydrogens is 487 g/mol. The summed E-state index contributed by atoms with van der Waals surface area (Å²) in [7, 11) is 0. The number of fused-ring (bicyclic) bond motifs is 1. The van der Waals surface area contributed by atoms with E-state index in [2.05, 4.69) is 25.6 Å². The van der Waals surface area contributed by atoms with E-state index in [0.717, 1.165) is 6.92 Å². The van der Waals surface area contributed by atoms with Crippen LogP contribution in [0.3, 0.4) is 0 Å². The van der Waals surface area contributed by atoms with E-state index in [1.165, 1.54) is 6.92 Å². The van der Waals surface area contributed by atoms with Gasteiger partial charge in [0.2, 0.25) is 0 Å². The average Bonchev–Trinajstić information content (AvgIpc) is 3.27. The highest BCUT2D eigenvalue weighted by molar-refractivity contribution is 7.99. The number of rotatable bonds is 10. The van der Waals surface area contributed by atoms with Gasteiger partial charge in [0.1, 0.15) is 18.0 Å². The fourth-order valence-electron chi connectivity index (χ4n) is 3.24. The Kier molecular flexibility index (Phi) is 3.93. The molecule has 0 spiro atoms. The van der Waals surface area contributed by atoms with Gasteiger partial charge in [0.15, 0.2) is 22.1 Å². The van der Waals surface area contributed by atoms with Gasteiger partial charge in [0, 0.05) is 33.6 Å². The summed E-state index contributed by atoms with van der Waals surface area (Å²) in [4.78, 5) is 8.25. The Morgan fingerprint density at radius 3 is 2.97 bits per heavy atom. The first-order valence-corrected chi connectivity index (χ1v) is 11.6. The molecule has 0 unspecified atom stereocenters. The van der Waals surface area contributed by atoms with E-state index >= 15 is 0 Å². The second kappa shape index (κ2) is 10.5. The summed E-state index contributed by atoms with van der Waals surface area (Å²) in [5.41, 5.74) is -4.55. The number of nitrogens with one attached hydrogen (secondary N) is 1. The number of thioether (sulfide) groups is 1. The molecule has 1 aromatic carbocycles. The molecule has 2 aliphatic rings. The van der Waals surface area contributed by atoms with Crippen molar-refractivity contribution in [1.82, 2.24) is 25.0 Å². The van der Waals surface area contributed by atoms with E-state index in [-0.39, 0.29) is 16.7 Å². The minimum Gasteiger partial charge on any atom is -0.394 e. The molecule has 6 atom stereocenters. The van der Waals surface area contributed by atoms with Crippen LogP contribution in [0, 0.1) is 12.7 Å². The van der Waals surface area contributed by atoms with Crippen molar-refractivity contribution in [3.63, 3.8) is 0 Å². The highest BCUT2D eigenvalue weighted by Crippen LogP contribution is 2.44. The summed E-state index contributed by atoms with van der Waals surface area (Å²) in [5.74, 6) is -4.39. The normalized spacial score (nSPS) is 46.7. The first-order chi connectivity index (χ1) is 22.7. The van der Waals surface area contributed by atoms with Gasteiger partial charge in [-0.25, -0.2) is 19.0 Å². The van der Waals surface area contributed by atoms with Crippen LogP contribution in [0.1, 0.15) is 68.3 Å². The second-order valence-corrected chi connectivity index (χ2v) is 8.38. The third-order valence-electron chi connectivity index (χ3n) is 5.03. The maximum Gasteiger partial charge on any atom is 0.191 e. The molecule has 2 saturated carbocycles. The number of aliphatic hydroxyl groups is 3. The van der Waals surface area contributed by atoms with E-state index in [0.29, 0.717) is 11.8 Å². The molecule has 194 valence electrons. The first-order valence-electron chi connectivity index (χ1n) is 17.7. The third kappa shape index (κ3) is 4.92. The van der Waals surface area contributed by atoms with Crippen molar-refractivity contribution in [3.05, 3.63) is 35.1 Å².